The fraction of sp³-hybridized carbons (Fsp3) is 0.238. The summed E-state index contributed by atoms with van der Waals surface area (Å²) >= 11 is 1.37. The number of esters is 1. The second-order valence-corrected chi connectivity index (χ2v) is 7.21. The summed E-state index contributed by atoms with van der Waals surface area (Å²) in [7, 11) is 0. The van der Waals surface area contributed by atoms with Crippen molar-refractivity contribution in [1.82, 2.24) is 10.1 Å². The van der Waals surface area contributed by atoms with Gasteiger partial charge in [0.15, 0.2) is 5.78 Å². The Hall–Kier alpha value is -3.00. The van der Waals surface area contributed by atoms with Gasteiger partial charge in [0, 0.05) is 30.0 Å². The Bertz CT molecular complexity index is 988. The molecule has 1 aromatic carbocycles. The number of rotatable bonds is 9. The number of halogens is 1. The Morgan fingerprint density at radius 2 is 2.00 bits per heavy atom. The number of carbonyl (C=O) groups is 2. The molecule has 6 nitrogen and oxygen atoms in total. The molecule has 0 fully saturated rings. The fourth-order valence-electron chi connectivity index (χ4n) is 2.54. The summed E-state index contributed by atoms with van der Waals surface area (Å²) in [6.07, 6.45) is 2.19. The number of nitrogens with zero attached hydrogens (tertiary/aromatic N) is 2. The van der Waals surface area contributed by atoms with E-state index in [0.717, 1.165) is 11.5 Å². The summed E-state index contributed by atoms with van der Waals surface area (Å²) in [6, 6.07) is 10.5. The number of hydrogen-bond acceptors (Lipinski definition) is 7. The zero-order valence-electron chi connectivity index (χ0n) is 15.8. The zero-order chi connectivity index (χ0) is 20.6. The highest BCUT2D eigenvalue weighted by molar-refractivity contribution is 7.98. The number of hydrogen-bond donors (Lipinski definition) is 0. The SMILES string of the molecule is Cc1cc(CSc2ncccc2C(=O)OCCCC(=O)c2ccc(F)cc2)no1. The van der Waals surface area contributed by atoms with Crippen LogP contribution in [0.25, 0.3) is 0 Å². The number of thioether (sulfide) groups is 1. The summed E-state index contributed by atoms with van der Waals surface area (Å²) in [5, 5.41) is 4.46. The van der Waals surface area contributed by atoms with Crippen molar-refractivity contribution in [2.24, 2.45) is 0 Å². The van der Waals surface area contributed by atoms with Crippen LogP contribution in [0.5, 0.6) is 0 Å². The molecule has 0 bridgehead atoms. The number of benzene rings is 1. The van der Waals surface area contributed by atoms with Crippen molar-refractivity contribution in [2.75, 3.05) is 6.61 Å². The van der Waals surface area contributed by atoms with Crippen LogP contribution in [0, 0.1) is 12.7 Å². The maximum Gasteiger partial charge on any atom is 0.340 e. The van der Waals surface area contributed by atoms with E-state index >= 15 is 0 Å². The van der Waals surface area contributed by atoms with E-state index in [-0.39, 0.29) is 24.6 Å². The summed E-state index contributed by atoms with van der Waals surface area (Å²) in [5.41, 5.74) is 1.56. The summed E-state index contributed by atoms with van der Waals surface area (Å²) in [4.78, 5) is 28.7. The van der Waals surface area contributed by atoms with Gasteiger partial charge in [-0.2, -0.15) is 0 Å². The molecule has 0 saturated carbocycles. The van der Waals surface area contributed by atoms with Gasteiger partial charge in [0.25, 0.3) is 0 Å². The van der Waals surface area contributed by atoms with Crippen molar-refractivity contribution in [2.45, 2.75) is 30.5 Å². The van der Waals surface area contributed by atoms with E-state index in [1.165, 1.54) is 36.0 Å². The summed E-state index contributed by atoms with van der Waals surface area (Å²) < 4.78 is 23.2. The highest BCUT2D eigenvalue weighted by Crippen LogP contribution is 2.24. The molecule has 2 aromatic heterocycles. The van der Waals surface area contributed by atoms with Crippen LogP contribution in [0.15, 0.2) is 58.2 Å². The Kier molecular flexibility index (Phi) is 7.13. The molecule has 0 N–H and O–H groups in total. The average molecular weight is 414 g/mol. The normalized spacial score (nSPS) is 10.7. The third-order valence-corrected chi connectivity index (χ3v) is 5.01. The molecular weight excluding hydrogens is 395 g/mol. The average Bonchev–Trinajstić information content (AvgIpc) is 3.15. The number of Topliss-reactive ketones (excluding diaryl/α,β-unsaturated/α-hetero) is 1. The molecule has 0 aliphatic carbocycles. The van der Waals surface area contributed by atoms with Gasteiger partial charge in [0.1, 0.15) is 16.6 Å². The molecule has 0 unspecified atom stereocenters. The van der Waals surface area contributed by atoms with Crippen molar-refractivity contribution in [3.8, 4) is 0 Å². The van der Waals surface area contributed by atoms with Crippen molar-refractivity contribution in [3.63, 3.8) is 0 Å². The third-order valence-electron chi connectivity index (χ3n) is 3.97. The smallest absolute Gasteiger partial charge is 0.340 e. The van der Waals surface area contributed by atoms with Crippen LogP contribution in [-0.2, 0) is 10.5 Å². The topological polar surface area (TPSA) is 82.3 Å². The predicted octanol–water partition coefficient (Wildman–Crippen LogP) is 4.63. The summed E-state index contributed by atoms with van der Waals surface area (Å²) in [5.74, 6) is 0.226. The highest BCUT2D eigenvalue weighted by Gasteiger charge is 2.15. The van der Waals surface area contributed by atoms with Crippen molar-refractivity contribution in [3.05, 3.63) is 77.1 Å². The van der Waals surface area contributed by atoms with Gasteiger partial charge in [-0.15, -0.1) is 0 Å². The second kappa shape index (κ2) is 9.97. The molecule has 0 aliphatic rings. The van der Waals surface area contributed by atoms with Crippen molar-refractivity contribution >= 4 is 23.5 Å². The van der Waals surface area contributed by atoms with Gasteiger partial charge in [0.05, 0.1) is 17.9 Å². The van der Waals surface area contributed by atoms with Crippen LogP contribution in [0.4, 0.5) is 4.39 Å². The molecule has 29 heavy (non-hydrogen) atoms. The van der Waals surface area contributed by atoms with Gasteiger partial charge >= 0.3 is 5.97 Å². The lowest BCUT2D eigenvalue weighted by molar-refractivity contribution is 0.0489. The molecule has 0 radical (unpaired) electrons. The lowest BCUT2D eigenvalue weighted by Crippen LogP contribution is -2.10. The number of pyridine rings is 1. The molecule has 0 atom stereocenters. The van der Waals surface area contributed by atoms with E-state index < -0.39 is 5.97 Å². The molecule has 3 rings (SSSR count). The van der Waals surface area contributed by atoms with Crippen LogP contribution in [0.2, 0.25) is 0 Å². The van der Waals surface area contributed by atoms with E-state index in [4.69, 9.17) is 9.26 Å². The maximum absolute atomic E-state index is 12.9. The molecule has 3 aromatic rings. The number of aryl methyl sites for hydroxylation is 1. The van der Waals surface area contributed by atoms with E-state index in [2.05, 4.69) is 10.1 Å². The van der Waals surface area contributed by atoms with Crippen molar-refractivity contribution < 1.29 is 23.2 Å². The number of aromatic nitrogens is 2. The van der Waals surface area contributed by atoms with Gasteiger partial charge < -0.3 is 9.26 Å². The van der Waals surface area contributed by atoms with Crippen LogP contribution in [0.3, 0.4) is 0 Å². The molecule has 0 spiro atoms. The first-order valence-electron chi connectivity index (χ1n) is 8.99. The molecule has 0 aliphatic heterocycles. The first kappa shape index (κ1) is 20.7. The molecular formula is C21H19FN2O4S. The first-order valence-corrected chi connectivity index (χ1v) is 9.97. The molecule has 0 amide bonds. The Morgan fingerprint density at radius 1 is 1.21 bits per heavy atom. The second-order valence-electron chi connectivity index (χ2n) is 6.24. The quantitative estimate of drug-likeness (QED) is 0.218. The Balaban J connectivity index is 1.49. The number of ketones is 1. The minimum Gasteiger partial charge on any atom is -0.462 e. The van der Waals surface area contributed by atoms with Gasteiger partial charge in [-0.05, 0) is 49.7 Å². The lowest BCUT2D eigenvalue weighted by atomic mass is 10.1. The summed E-state index contributed by atoms with van der Waals surface area (Å²) in [6.45, 7) is 1.92. The molecule has 8 heteroatoms. The largest absolute Gasteiger partial charge is 0.462 e. The van der Waals surface area contributed by atoms with E-state index in [9.17, 15) is 14.0 Å². The highest BCUT2D eigenvalue weighted by atomic mass is 32.2. The molecule has 150 valence electrons. The van der Waals surface area contributed by atoms with Gasteiger partial charge in [0.2, 0.25) is 0 Å². The zero-order valence-corrected chi connectivity index (χ0v) is 16.6. The van der Waals surface area contributed by atoms with Crippen LogP contribution in [0.1, 0.15) is 45.0 Å². The van der Waals surface area contributed by atoms with Crippen molar-refractivity contribution in [1.29, 1.82) is 0 Å². The number of ether oxygens (including phenoxy) is 1. The monoisotopic (exact) mass is 414 g/mol. The minimum absolute atomic E-state index is 0.104. The van der Waals surface area contributed by atoms with Crippen LogP contribution >= 0.6 is 11.8 Å². The molecule has 2 heterocycles. The third kappa shape index (κ3) is 5.99. The number of carbonyl (C=O) groups excluding carboxylic acids is 2. The van der Waals surface area contributed by atoms with Gasteiger partial charge in [-0.25, -0.2) is 14.2 Å². The predicted molar refractivity (Wildman–Crippen MR) is 105 cm³/mol. The van der Waals surface area contributed by atoms with E-state index in [1.807, 2.05) is 13.0 Å². The minimum atomic E-state index is -0.494. The Morgan fingerprint density at radius 3 is 2.72 bits per heavy atom. The van der Waals surface area contributed by atoms with Crippen LogP contribution in [-0.4, -0.2) is 28.5 Å². The lowest BCUT2D eigenvalue weighted by Gasteiger charge is -2.08. The van der Waals surface area contributed by atoms with Gasteiger partial charge in [-0.1, -0.05) is 16.9 Å². The van der Waals surface area contributed by atoms with Crippen LogP contribution < -0.4 is 0 Å². The maximum atomic E-state index is 12.9. The van der Waals surface area contributed by atoms with E-state index in [0.29, 0.717) is 28.3 Å². The van der Waals surface area contributed by atoms with E-state index in [1.54, 1.807) is 18.3 Å². The van der Waals surface area contributed by atoms with Gasteiger partial charge in [-0.3, -0.25) is 4.79 Å². The first-order chi connectivity index (χ1) is 14.0. The Labute approximate surface area is 171 Å². The standard InChI is InChI=1S/C21H19FN2O4S/c1-14-12-17(24-28-14)13-29-20-18(4-2-10-23-20)21(26)27-11-3-5-19(25)15-6-8-16(22)9-7-15/h2,4,6-10,12H,3,5,11,13H2,1H3. The molecule has 0 saturated heterocycles. The fourth-order valence-corrected chi connectivity index (χ4v) is 3.41.